The van der Waals surface area contributed by atoms with Crippen molar-refractivity contribution in [2.45, 2.75) is 40.7 Å². The van der Waals surface area contributed by atoms with Gasteiger partial charge >= 0.3 is 0 Å². The highest BCUT2D eigenvalue weighted by Gasteiger charge is 2.26. The molecule has 1 aliphatic rings. The van der Waals surface area contributed by atoms with E-state index in [4.69, 9.17) is 0 Å². The molecule has 2 nitrogen and oxygen atoms in total. The summed E-state index contributed by atoms with van der Waals surface area (Å²) in [6.45, 7) is 13.6. The first-order valence-electron chi connectivity index (χ1n) is 6.29. The third-order valence-electron chi connectivity index (χ3n) is 2.10. The highest BCUT2D eigenvalue weighted by Crippen LogP contribution is 2.24. The number of nitrogens with one attached hydrogen (secondary N) is 1. The molecule has 2 unspecified atom stereocenters. The van der Waals surface area contributed by atoms with Crippen molar-refractivity contribution in [3.8, 4) is 0 Å². The maximum atomic E-state index is 11.6. The van der Waals surface area contributed by atoms with Crippen molar-refractivity contribution >= 4 is 10.8 Å². The summed E-state index contributed by atoms with van der Waals surface area (Å²) in [6, 6.07) is 0.213. The van der Waals surface area contributed by atoms with Gasteiger partial charge in [0.05, 0.1) is 10.8 Å². The second-order valence-corrected chi connectivity index (χ2v) is 4.34. The fourth-order valence-electron chi connectivity index (χ4n) is 1.46. The Morgan fingerprint density at radius 3 is 2.24 bits per heavy atom. The molecule has 0 bridgehead atoms. The summed E-state index contributed by atoms with van der Waals surface area (Å²) in [4.78, 5) is 0.873. The van der Waals surface area contributed by atoms with Crippen LogP contribution in [0.3, 0.4) is 0 Å². The van der Waals surface area contributed by atoms with Gasteiger partial charge in [-0.2, -0.15) is 0 Å². The van der Waals surface area contributed by atoms with Gasteiger partial charge in [-0.25, -0.2) is 0 Å². The number of allylic oxidation sites excluding steroid dienone is 2. The van der Waals surface area contributed by atoms with Crippen molar-refractivity contribution in [1.82, 2.24) is 5.32 Å². The first kappa shape index (κ1) is 18.7. The second-order valence-electron chi connectivity index (χ2n) is 2.88. The fourth-order valence-corrected chi connectivity index (χ4v) is 2.95. The summed E-state index contributed by atoms with van der Waals surface area (Å²) < 4.78 is 11.6. The molecule has 0 aliphatic carbocycles. The first-order chi connectivity index (χ1) is 8.24. The van der Waals surface area contributed by atoms with E-state index in [1.165, 1.54) is 0 Å². The summed E-state index contributed by atoms with van der Waals surface area (Å²) in [5, 5.41) is 3.14. The van der Waals surface area contributed by atoms with E-state index in [1.807, 2.05) is 53.8 Å². The highest BCUT2D eigenvalue weighted by atomic mass is 32.2. The van der Waals surface area contributed by atoms with E-state index in [0.29, 0.717) is 5.75 Å². The van der Waals surface area contributed by atoms with Gasteiger partial charge in [-0.15, -0.1) is 0 Å². The minimum absolute atomic E-state index is 0.213. The van der Waals surface area contributed by atoms with Crippen molar-refractivity contribution in [2.24, 2.45) is 0 Å². The third-order valence-corrected chi connectivity index (χ3v) is 3.63. The predicted molar refractivity (Wildman–Crippen MR) is 80.6 cm³/mol. The zero-order chi connectivity index (χ0) is 13.8. The average Bonchev–Trinajstić information content (AvgIpc) is 2.70. The molecular formula is C14H27NOS. The van der Waals surface area contributed by atoms with Crippen LogP contribution in [0.15, 0.2) is 35.3 Å². The van der Waals surface area contributed by atoms with Gasteiger partial charge < -0.3 is 5.32 Å². The summed E-state index contributed by atoms with van der Waals surface area (Å²) in [5.74, 6) is 0.664. The maximum Gasteiger partial charge on any atom is 0.0552 e. The molecule has 0 spiro atoms. The molecule has 0 saturated heterocycles. The lowest BCUT2D eigenvalue weighted by Crippen LogP contribution is -2.27. The number of hydrogen-bond donors (Lipinski definition) is 1. The number of likely N-dealkylation sites (N-methyl/N-ethyl adjacent to an activating group) is 1. The van der Waals surface area contributed by atoms with E-state index >= 15 is 0 Å². The van der Waals surface area contributed by atoms with Crippen LogP contribution in [0.25, 0.3) is 0 Å². The van der Waals surface area contributed by atoms with Gasteiger partial charge in [-0.05, 0) is 19.5 Å². The predicted octanol–water partition coefficient (Wildman–Crippen LogP) is 3.41. The molecule has 1 rings (SSSR count). The molecule has 0 aromatic rings. The van der Waals surface area contributed by atoms with Crippen LogP contribution in [0, 0.1) is 0 Å². The van der Waals surface area contributed by atoms with E-state index in [0.717, 1.165) is 10.5 Å². The van der Waals surface area contributed by atoms with Crippen molar-refractivity contribution in [2.75, 3.05) is 12.8 Å². The quantitative estimate of drug-likeness (QED) is 0.839. The van der Waals surface area contributed by atoms with Crippen molar-refractivity contribution in [3.05, 3.63) is 35.3 Å². The molecule has 100 valence electrons. The Balaban J connectivity index is 0. The Labute approximate surface area is 109 Å². The summed E-state index contributed by atoms with van der Waals surface area (Å²) >= 11 is 0. The molecule has 0 saturated carbocycles. The van der Waals surface area contributed by atoms with Crippen molar-refractivity contribution in [3.63, 3.8) is 0 Å². The molecule has 0 fully saturated rings. The number of rotatable bonds is 3. The monoisotopic (exact) mass is 257 g/mol. The zero-order valence-corrected chi connectivity index (χ0v) is 12.9. The lowest BCUT2D eigenvalue weighted by molar-refractivity contribution is 0.676. The van der Waals surface area contributed by atoms with Gasteiger partial charge in [0.1, 0.15) is 0 Å². The van der Waals surface area contributed by atoms with E-state index in [1.54, 1.807) is 6.08 Å². The highest BCUT2D eigenvalue weighted by molar-refractivity contribution is 7.89. The molecule has 1 aliphatic heterocycles. The minimum Gasteiger partial charge on any atom is -0.312 e. The molecule has 0 radical (unpaired) electrons. The third kappa shape index (κ3) is 5.46. The molecule has 1 N–H and O–H groups in total. The molecule has 1 heterocycles. The largest absolute Gasteiger partial charge is 0.312 e. The van der Waals surface area contributed by atoms with Crippen LogP contribution in [0.1, 0.15) is 34.6 Å². The fraction of sp³-hybridized carbons (Fsp3) is 0.571. The standard InChI is InChI=1S/C10H15NOS.2C2H6/c1-4-6-8-9(11-3)7-13(12)10(8)5-2;2*1-2/h4-6,9,11H,2,7H2,1,3H3;2*1-2H3/b6-4-;;. The second kappa shape index (κ2) is 11.8. The summed E-state index contributed by atoms with van der Waals surface area (Å²) in [7, 11) is 1.01. The molecule has 3 heteroatoms. The lowest BCUT2D eigenvalue weighted by Gasteiger charge is -2.08. The van der Waals surface area contributed by atoms with Crippen LogP contribution in [-0.2, 0) is 10.8 Å². The normalized spacial score (nSPS) is 22.7. The molecule has 17 heavy (non-hydrogen) atoms. The van der Waals surface area contributed by atoms with Gasteiger partial charge in [0.25, 0.3) is 0 Å². The molecule has 0 amide bonds. The van der Waals surface area contributed by atoms with Gasteiger partial charge in [-0.1, -0.05) is 52.5 Å². The topological polar surface area (TPSA) is 29.1 Å². The molecular weight excluding hydrogens is 230 g/mol. The van der Waals surface area contributed by atoms with Crippen LogP contribution < -0.4 is 5.32 Å². The Bertz CT molecular complexity index is 293. The van der Waals surface area contributed by atoms with E-state index in [-0.39, 0.29) is 6.04 Å². The van der Waals surface area contributed by atoms with E-state index < -0.39 is 10.8 Å². The van der Waals surface area contributed by atoms with Crippen LogP contribution >= 0.6 is 0 Å². The van der Waals surface area contributed by atoms with Gasteiger partial charge in [0, 0.05) is 16.7 Å². The molecule has 0 aromatic heterocycles. The number of hydrogen-bond acceptors (Lipinski definition) is 2. The minimum atomic E-state index is -0.874. The molecule has 0 aromatic carbocycles. The first-order valence-corrected chi connectivity index (χ1v) is 7.61. The van der Waals surface area contributed by atoms with Crippen LogP contribution in [0.5, 0.6) is 0 Å². The Morgan fingerprint density at radius 1 is 1.35 bits per heavy atom. The summed E-state index contributed by atoms with van der Waals surface area (Å²) in [5.41, 5.74) is 1.11. The lowest BCUT2D eigenvalue weighted by atomic mass is 10.1. The van der Waals surface area contributed by atoms with Crippen LogP contribution in [0.4, 0.5) is 0 Å². The van der Waals surface area contributed by atoms with Gasteiger partial charge in [0.2, 0.25) is 0 Å². The maximum absolute atomic E-state index is 11.6. The van der Waals surface area contributed by atoms with Gasteiger partial charge in [0.15, 0.2) is 0 Å². The van der Waals surface area contributed by atoms with Crippen LogP contribution in [-0.4, -0.2) is 23.1 Å². The zero-order valence-electron chi connectivity index (χ0n) is 12.0. The van der Waals surface area contributed by atoms with E-state index in [9.17, 15) is 4.21 Å². The smallest absolute Gasteiger partial charge is 0.0552 e. The summed E-state index contributed by atoms with van der Waals surface area (Å²) in [6.07, 6.45) is 5.66. The average molecular weight is 257 g/mol. The van der Waals surface area contributed by atoms with Crippen molar-refractivity contribution < 1.29 is 4.21 Å². The van der Waals surface area contributed by atoms with Gasteiger partial charge in [-0.3, -0.25) is 4.21 Å². The van der Waals surface area contributed by atoms with E-state index in [2.05, 4.69) is 11.9 Å². The molecule has 2 atom stereocenters. The SMILES string of the molecule is C=CC1=C(/C=C\C)C(NC)CS1=O.CC.CC. The Kier molecular flexibility index (Phi) is 13.0. The Hall–Kier alpha value is -0.670. The van der Waals surface area contributed by atoms with Crippen LogP contribution in [0.2, 0.25) is 0 Å². The Morgan fingerprint density at radius 2 is 1.88 bits per heavy atom. The van der Waals surface area contributed by atoms with Crippen molar-refractivity contribution in [1.29, 1.82) is 0 Å².